The summed E-state index contributed by atoms with van der Waals surface area (Å²) < 4.78 is 14.7. The minimum Gasteiger partial charge on any atom is -0.464 e. The Morgan fingerprint density at radius 3 is 2.45 bits per heavy atom. The molecule has 412 valence electrons. The largest absolute Gasteiger partial charge is 0.464 e. The smallest absolute Gasteiger partial charge is 0.324 e. The summed E-state index contributed by atoms with van der Waals surface area (Å²) >= 11 is 1.49. The molecule has 6 bridgehead atoms. The zero-order chi connectivity index (χ0) is 53.8. The average Bonchev–Trinajstić information content (AvgIpc) is 3.88. The van der Waals surface area contributed by atoms with E-state index in [0.29, 0.717) is 32.4 Å². The van der Waals surface area contributed by atoms with Gasteiger partial charge in [0.25, 0.3) is 5.91 Å². The number of esters is 1. The highest BCUT2D eigenvalue weighted by molar-refractivity contribution is 7.10. The molecule has 4 saturated heterocycles. The van der Waals surface area contributed by atoms with Crippen LogP contribution >= 0.6 is 11.3 Å². The van der Waals surface area contributed by atoms with E-state index in [-0.39, 0.29) is 42.4 Å². The van der Waals surface area contributed by atoms with Crippen LogP contribution in [0, 0.1) is 11.3 Å². The Labute approximate surface area is 459 Å². The van der Waals surface area contributed by atoms with Crippen molar-refractivity contribution in [2.75, 3.05) is 82.9 Å². The van der Waals surface area contributed by atoms with Crippen LogP contribution in [0.25, 0.3) is 33.4 Å². The van der Waals surface area contributed by atoms with E-state index in [4.69, 9.17) is 19.4 Å². The van der Waals surface area contributed by atoms with Crippen LogP contribution in [-0.2, 0) is 49.8 Å². The van der Waals surface area contributed by atoms with Crippen LogP contribution in [0.1, 0.15) is 108 Å². The fourth-order valence-electron chi connectivity index (χ4n) is 13.0. The number of hydrazine groups is 1. The molecule has 5 aliphatic heterocycles. The maximum Gasteiger partial charge on any atom is 0.324 e. The molecule has 0 radical (unpaired) electrons. The number of fused-ring (bicyclic) bond motifs is 6. The van der Waals surface area contributed by atoms with Crippen molar-refractivity contribution in [2.45, 2.75) is 142 Å². The predicted octanol–water partition coefficient (Wildman–Crippen LogP) is 7.59. The number of amides is 2. The molecule has 17 heteroatoms. The number of likely N-dealkylation sites (N-methyl/N-ethyl adjacent to an activating group) is 1. The van der Waals surface area contributed by atoms with Crippen LogP contribution in [0.4, 0.5) is 11.4 Å². The van der Waals surface area contributed by atoms with Gasteiger partial charge in [0.15, 0.2) is 0 Å². The van der Waals surface area contributed by atoms with Crippen molar-refractivity contribution in [3.63, 3.8) is 0 Å². The number of nitrogens with one attached hydrogen (secondary N) is 3. The van der Waals surface area contributed by atoms with Crippen molar-refractivity contribution in [1.29, 1.82) is 0 Å². The molecule has 1 saturated carbocycles. The number of nitrogens with zero attached hydrogens (tertiary/aromatic N) is 8. The Hall–Kier alpha value is -5.43. The minimum absolute atomic E-state index is 0.0569. The van der Waals surface area contributed by atoms with Crippen molar-refractivity contribution >= 4 is 51.4 Å². The number of ether oxygens (including phenoxy) is 2. The summed E-state index contributed by atoms with van der Waals surface area (Å²) in [4.78, 5) is 63.8. The van der Waals surface area contributed by atoms with E-state index in [2.05, 4.69) is 122 Å². The second-order valence-corrected chi connectivity index (χ2v) is 25.1. The zero-order valence-corrected chi connectivity index (χ0v) is 47.5. The second kappa shape index (κ2) is 22.0. The summed E-state index contributed by atoms with van der Waals surface area (Å²) in [5.74, 6) is -0.991. The highest BCUT2D eigenvalue weighted by Gasteiger charge is 2.45. The second-order valence-electron chi connectivity index (χ2n) is 24.2. The molecular weight excluding hydrogens is 987 g/mol. The van der Waals surface area contributed by atoms with E-state index in [1.807, 2.05) is 27.1 Å². The quantitative estimate of drug-likeness (QED) is 0.0995. The van der Waals surface area contributed by atoms with Crippen molar-refractivity contribution in [3.8, 4) is 22.5 Å². The number of carbonyl (C=O) groups excluding carboxylic acids is 3. The Morgan fingerprint density at radius 2 is 1.75 bits per heavy atom. The SMILES string of the molecule is CCn1c(-c2cc(N3CCN(C4CC4)CC3)cnc2[C@H](C)OC)c2c3cc(ccc31)-c1csc(n1)C[C@H](NC(=O)[C@H](C(C)C)N(C)Cc1ccc(N3CC4(CCCN4)C3)cc1)C(=O)N1CCC[C@H](N1)C(=O)OCC(C)(C)C2. The van der Waals surface area contributed by atoms with Crippen molar-refractivity contribution in [3.05, 3.63) is 81.9 Å². The Balaban J connectivity index is 0.908. The van der Waals surface area contributed by atoms with Gasteiger partial charge in [-0.15, -0.1) is 11.3 Å². The number of benzene rings is 2. The van der Waals surface area contributed by atoms with E-state index in [9.17, 15) is 14.4 Å². The highest BCUT2D eigenvalue weighted by atomic mass is 32.1. The summed E-state index contributed by atoms with van der Waals surface area (Å²) in [6.07, 6.45) is 8.77. The van der Waals surface area contributed by atoms with Crippen LogP contribution in [0.2, 0.25) is 0 Å². The molecule has 5 fully saturated rings. The lowest BCUT2D eigenvalue weighted by molar-refractivity contribution is -0.155. The Kier molecular flexibility index (Phi) is 15.3. The summed E-state index contributed by atoms with van der Waals surface area (Å²) in [5, 5.41) is 12.4. The van der Waals surface area contributed by atoms with E-state index < -0.39 is 29.5 Å². The van der Waals surface area contributed by atoms with Gasteiger partial charge in [-0.1, -0.05) is 45.9 Å². The van der Waals surface area contributed by atoms with Gasteiger partial charge in [-0.2, -0.15) is 0 Å². The van der Waals surface area contributed by atoms with Gasteiger partial charge in [0.1, 0.15) is 12.1 Å². The summed E-state index contributed by atoms with van der Waals surface area (Å²) in [5.41, 5.74) is 13.5. The number of anilines is 2. The lowest BCUT2D eigenvalue weighted by Gasteiger charge is -2.49. The van der Waals surface area contributed by atoms with Crippen molar-refractivity contribution in [1.82, 2.24) is 45.4 Å². The number of thiazole rings is 1. The molecular formula is C60H81N11O5S. The molecule has 1 spiro atoms. The number of rotatable bonds is 13. The molecule has 4 atom stereocenters. The molecule has 6 aliphatic rings. The number of aryl methyl sites for hydroxylation is 1. The molecule has 77 heavy (non-hydrogen) atoms. The summed E-state index contributed by atoms with van der Waals surface area (Å²) in [6, 6.07) is 16.2. The Bertz CT molecular complexity index is 2950. The molecule has 16 nitrogen and oxygen atoms in total. The topological polar surface area (TPSA) is 153 Å². The van der Waals surface area contributed by atoms with E-state index >= 15 is 0 Å². The zero-order valence-electron chi connectivity index (χ0n) is 46.7. The van der Waals surface area contributed by atoms with Gasteiger partial charge >= 0.3 is 5.97 Å². The van der Waals surface area contributed by atoms with Gasteiger partial charge in [0.05, 0.1) is 58.3 Å². The monoisotopic (exact) mass is 1070 g/mol. The lowest BCUT2D eigenvalue weighted by atomic mass is 9.84. The maximum atomic E-state index is 14.9. The van der Waals surface area contributed by atoms with Crippen molar-refractivity contribution in [2.24, 2.45) is 11.3 Å². The van der Waals surface area contributed by atoms with E-state index in [1.54, 1.807) is 7.11 Å². The fraction of sp³-hybridized carbons (Fsp3) is 0.583. The molecule has 1 aliphatic carbocycles. The van der Waals surface area contributed by atoms with Crippen LogP contribution in [0.15, 0.2) is 60.1 Å². The lowest BCUT2D eigenvalue weighted by Crippen LogP contribution is -2.66. The van der Waals surface area contributed by atoms with Gasteiger partial charge in [0.2, 0.25) is 5.91 Å². The number of hydrogen-bond acceptors (Lipinski definition) is 14. The van der Waals surface area contributed by atoms with E-state index in [0.717, 1.165) is 119 Å². The molecule has 0 unspecified atom stereocenters. The predicted molar refractivity (Wildman–Crippen MR) is 305 cm³/mol. The first-order chi connectivity index (χ1) is 37.1. The first kappa shape index (κ1) is 53.6. The molecule has 3 N–H and O–H groups in total. The van der Waals surface area contributed by atoms with Crippen LogP contribution in [0.3, 0.4) is 0 Å². The van der Waals surface area contributed by atoms with Crippen LogP contribution in [0.5, 0.6) is 0 Å². The van der Waals surface area contributed by atoms with Gasteiger partial charge in [0, 0.05) is 117 Å². The molecule has 5 aromatic rings. The van der Waals surface area contributed by atoms with Crippen LogP contribution in [-0.4, -0.2) is 150 Å². The Morgan fingerprint density at radius 1 is 0.974 bits per heavy atom. The average molecular weight is 1070 g/mol. The van der Waals surface area contributed by atoms with Gasteiger partial charge < -0.3 is 34.5 Å². The minimum atomic E-state index is -0.949. The molecule has 3 aromatic heterocycles. The normalized spacial score (nSPS) is 22.9. The number of aromatic nitrogens is 3. The molecule has 11 rings (SSSR count). The van der Waals surface area contributed by atoms with Gasteiger partial charge in [-0.05, 0) is 120 Å². The fourth-order valence-corrected chi connectivity index (χ4v) is 13.9. The standard InChI is InChI=1S/C60H81N11O5S/c1-9-70-51-20-15-41-28-45(51)47(55(70)46-29-44(32-61-53(46)39(4)75-8)68-26-24-67(25-27-68)42-18-19-42)31-59(5,6)37-76-58(74)48-12-10-23-71(65-48)57(73)49(30-52-63-50(41)34-77-52)64-56(72)54(38(2)3)66(7)33-40-13-16-43(17-14-40)69-35-60(36-69)21-11-22-62-60/h13-17,20,28-29,32,34,38-39,42,48-49,54,62,65H,9-12,18-19,21-27,30-31,33,35-37H2,1-8H3,(H,64,72)/t39-,48-,49-,54-/m0/s1. The number of hydrogen-bond donors (Lipinski definition) is 3. The number of methoxy groups -OCH3 is 1. The highest BCUT2D eigenvalue weighted by Crippen LogP contribution is 2.44. The first-order valence-corrected chi connectivity index (χ1v) is 29.4. The summed E-state index contributed by atoms with van der Waals surface area (Å²) in [7, 11) is 3.73. The first-order valence-electron chi connectivity index (χ1n) is 28.6. The molecule has 2 amide bonds. The number of pyridine rings is 1. The molecule has 2 aromatic carbocycles. The number of piperazine rings is 1. The van der Waals surface area contributed by atoms with E-state index in [1.165, 1.54) is 47.7 Å². The van der Waals surface area contributed by atoms with Crippen molar-refractivity contribution < 1.29 is 23.9 Å². The summed E-state index contributed by atoms with van der Waals surface area (Å²) in [6.45, 7) is 21.7. The van der Waals surface area contributed by atoms with Gasteiger partial charge in [-0.3, -0.25) is 34.2 Å². The van der Waals surface area contributed by atoms with Crippen LogP contribution < -0.4 is 25.9 Å². The van der Waals surface area contributed by atoms with Gasteiger partial charge in [-0.25, -0.2) is 10.4 Å². The number of cyclic esters (lactones) is 1. The third-order valence-corrected chi connectivity index (χ3v) is 18.3. The number of carbonyl (C=O) groups is 3. The third kappa shape index (κ3) is 11.1. The third-order valence-electron chi connectivity index (χ3n) is 17.4. The maximum absolute atomic E-state index is 14.9. The molecule has 8 heterocycles.